The predicted molar refractivity (Wildman–Crippen MR) is 77.3 cm³/mol. The molecule has 2 aromatic rings. The summed E-state index contributed by atoms with van der Waals surface area (Å²) in [7, 11) is 1.59. The van der Waals surface area contributed by atoms with Gasteiger partial charge in [-0.25, -0.2) is 0 Å². The summed E-state index contributed by atoms with van der Waals surface area (Å²) in [5.74, 6) is 0.391. The monoisotopic (exact) mass is 291 g/mol. The van der Waals surface area contributed by atoms with Crippen molar-refractivity contribution in [3.8, 4) is 11.5 Å². The summed E-state index contributed by atoms with van der Waals surface area (Å²) in [5.41, 5.74) is 1.16. The number of carbonyl (C=O) groups is 1. The van der Waals surface area contributed by atoms with Gasteiger partial charge in [0, 0.05) is 6.54 Å². The number of phenolic OH excluding ortho intramolecular Hbond substituents is 1. The highest BCUT2D eigenvalue weighted by molar-refractivity contribution is 6.33. The van der Waals surface area contributed by atoms with E-state index in [2.05, 4.69) is 5.32 Å². The third-order valence-corrected chi connectivity index (χ3v) is 3.11. The lowest BCUT2D eigenvalue weighted by Crippen LogP contribution is -2.23. The molecule has 0 aliphatic heterocycles. The zero-order valence-electron chi connectivity index (χ0n) is 10.9. The fourth-order valence-corrected chi connectivity index (χ4v) is 1.95. The van der Waals surface area contributed by atoms with E-state index in [-0.39, 0.29) is 17.2 Å². The Hall–Kier alpha value is -2.20. The highest BCUT2D eigenvalue weighted by Crippen LogP contribution is 2.21. The smallest absolute Gasteiger partial charge is 0.253 e. The molecule has 2 rings (SSSR count). The summed E-state index contributed by atoms with van der Waals surface area (Å²) in [6.45, 7) is 0.349. The highest BCUT2D eigenvalue weighted by Gasteiger charge is 2.11. The molecular weight excluding hydrogens is 278 g/mol. The molecule has 0 aliphatic carbocycles. The van der Waals surface area contributed by atoms with Crippen molar-refractivity contribution in [1.82, 2.24) is 5.32 Å². The number of phenols is 1. The minimum atomic E-state index is -0.339. The molecule has 2 aromatic carbocycles. The van der Waals surface area contributed by atoms with Crippen LogP contribution in [-0.4, -0.2) is 18.1 Å². The Morgan fingerprint density at radius 1 is 1.30 bits per heavy atom. The van der Waals surface area contributed by atoms with Gasteiger partial charge >= 0.3 is 0 Å². The molecule has 0 unspecified atom stereocenters. The molecule has 0 radical (unpaired) electrons. The molecule has 0 bridgehead atoms. The van der Waals surface area contributed by atoms with Crippen molar-refractivity contribution in [2.45, 2.75) is 6.54 Å². The molecule has 0 aliphatic rings. The molecule has 0 heterocycles. The molecule has 20 heavy (non-hydrogen) atoms. The maximum atomic E-state index is 12.0. The minimum absolute atomic E-state index is 0.000861. The van der Waals surface area contributed by atoms with Crippen LogP contribution >= 0.6 is 11.6 Å². The number of hydrogen-bond acceptors (Lipinski definition) is 3. The number of ether oxygens (including phenoxy) is 1. The maximum Gasteiger partial charge on any atom is 0.253 e. The van der Waals surface area contributed by atoms with E-state index in [1.54, 1.807) is 7.11 Å². The Kier molecular flexibility index (Phi) is 4.48. The molecular formula is C15H14ClNO3. The number of nitrogens with one attached hydrogen (secondary N) is 1. The van der Waals surface area contributed by atoms with Crippen molar-refractivity contribution >= 4 is 17.5 Å². The molecule has 0 aromatic heterocycles. The van der Waals surface area contributed by atoms with Crippen LogP contribution in [0, 0.1) is 0 Å². The van der Waals surface area contributed by atoms with Crippen LogP contribution in [0.2, 0.25) is 5.02 Å². The number of benzene rings is 2. The number of aromatic hydroxyl groups is 1. The average molecular weight is 292 g/mol. The van der Waals surface area contributed by atoms with Gasteiger partial charge in [-0.3, -0.25) is 4.79 Å². The molecule has 0 atom stereocenters. The standard InChI is InChI=1S/C15H14ClNO3/c1-20-12-4-2-3-10(7-12)9-17-15(19)13-8-11(18)5-6-14(13)16/h2-8,18H,9H2,1H3,(H,17,19). The second-order valence-electron chi connectivity index (χ2n) is 4.20. The summed E-state index contributed by atoms with van der Waals surface area (Å²) in [6.07, 6.45) is 0. The number of rotatable bonds is 4. The van der Waals surface area contributed by atoms with Gasteiger partial charge in [-0.2, -0.15) is 0 Å². The molecule has 0 fully saturated rings. The summed E-state index contributed by atoms with van der Waals surface area (Å²) in [4.78, 5) is 12.0. The first-order chi connectivity index (χ1) is 9.60. The molecule has 2 N–H and O–H groups in total. The van der Waals surface area contributed by atoms with Crippen LogP contribution in [0.3, 0.4) is 0 Å². The minimum Gasteiger partial charge on any atom is -0.508 e. The van der Waals surface area contributed by atoms with E-state index in [0.29, 0.717) is 11.6 Å². The molecule has 0 saturated carbocycles. The number of halogens is 1. The van der Waals surface area contributed by atoms with Gasteiger partial charge in [-0.1, -0.05) is 23.7 Å². The van der Waals surface area contributed by atoms with Crippen LogP contribution in [0.1, 0.15) is 15.9 Å². The van der Waals surface area contributed by atoms with Crippen LogP contribution in [0.15, 0.2) is 42.5 Å². The first kappa shape index (κ1) is 14.2. The number of hydrogen-bond donors (Lipinski definition) is 2. The fraction of sp³-hybridized carbons (Fsp3) is 0.133. The van der Waals surface area contributed by atoms with E-state index in [4.69, 9.17) is 16.3 Å². The van der Waals surface area contributed by atoms with Gasteiger partial charge in [-0.05, 0) is 35.9 Å². The van der Waals surface area contributed by atoms with E-state index in [1.807, 2.05) is 24.3 Å². The van der Waals surface area contributed by atoms with Gasteiger partial charge in [0.15, 0.2) is 0 Å². The summed E-state index contributed by atoms with van der Waals surface area (Å²) < 4.78 is 5.11. The Balaban J connectivity index is 2.06. The van der Waals surface area contributed by atoms with Gasteiger partial charge in [0.05, 0.1) is 17.7 Å². The normalized spacial score (nSPS) is 10.1. The number of carbonyl (C=O) groups excluding carboxylic acids is 1. The van der Waals surface area contributed by atoms with Crippen LogP contribution in [0.25, 0.3) is 0 Å². The molecule has 4 nitrogen and oxygen atoms in total. The van der Waals surface area contributed by atoms with E-state index in [0.717, 1.165) is 11.3 Å². The largest absolute Gasteiger partial charge is 0.508 e. The second kappa shape index (κ2) is 6.30. The summed E-state index contributed by atoms with van der Waals surface area (Å²) >= 11 is 5.93. The third kappa shape index (κ3) is 3.42. The van der Waals surface area contributed by atoms with E-state index in [9.17, 15) is 9.90 Å². The summed E-state index contributed by atoms with van der Waals surface area (Å²) in [6, 6.07) is 11.7. The quantitative estimate of drug-likeness (QED) is 0.910. The van der Waals surface area contributed by atoms with E-state index in [1.165, 1.54) is 18.2 Å². The second-order valence-corrected chi connectivity index (χ2v) is 4.61. The SMILES string of the molecule is COc1cccc(CNC(=O)c2cc(O)ccc2Cl)c1. The van der Waals surface area contributed by atoms with Gasteiger partial charge in [0.25, 0.3) is 5.91 Å². The molecule has 1 amide bonds. The van der Waals surface area contributed by atoms with E-state index < -0.39 is 0 Å². The Morgan fingerprint density at radius 3 is 2.85 bits per heavy atom. The van der Waals surface area contributed by atoms with Crippen molar-refractivity contribution in [3.05, 3.63) is 58.6 Å². The fourth-order valence-electron chi connectivity index (χ4n) is 1.75. The van der Waals surface area contributed by atoms with Crippen LogP contribution < -0.4 is 10.1 Å². The van der Waals surface area contributed by atoms with Crippen molar-refractivity contribution in [3.63, 3.8) is 0 Å². The van der Waals surface area contributed by atoms with Gasteiger partial charge < -0.3 is 15.2 Å². The number of methoxy groups -OCH3 is 1. The van der Waals surface area contributed by atoms with E-state index >= 15 is 0 Å². The first-order valence-electron chi connectivity index (χ1n) is 6.00. The first-order valence-corrected chi connectivity index (χ1v) is 6.37. The molecule has 0 saturated heterocycles. The third-order valence-electron chi connectivity index (χ3n) is 2.78. The average Bonchev–Trinajstić information content (AvgIpc) is 2.47. The van der Waals surface area contributed by atoms with Crippen molar-refractivity contribution in [1.29, 1.82) is 0 Å². The zero-order chi connectivity index (χ0) is 14.5. The lowest BCUT2D eigenvalue weighted by Gasteiger charge is -2.08. The molecule has 5 heteroatoms. The Labute approximate surface area is 122 Å². The van der Waals surface area contributed by atoms with Gasteiger partial charge in [0.1, 0.15) is 11.5 Å². The molecule has 0 spiro atoms. The van der Waals surface area contributed by atoms with Gasteiger partial charge in [0.2, 0.25) is 0 Å². The lowest BCUT2D eigenvalue weighted by atomic mass is 10.1. The van der Waals surface area contributed by atoms with Crippen LogP contribution in [-0.2, 0) is 6.54 Å². The highest BCUT2D eigenvalue weighted by atomic mass is 35.5. The molecule has 104 valence electrons. The van der Waals surface area contributed by atoms with Crippen molar-refractivity contribution in [2.75, 3.05) is 7.11 Å². The van der Waals surface area contributed by atoms with Gasteiger partial charge in [-0.15, -0.1) is 0 Å². The predicted octanol–water partition coefficient (Wildman–Crippen LogP) is 2.98. The Morgan fingerprint density at radius 2 is 2.10 bits per heavy atom. The number of amides is 1. The van der Waals surface area contributed by atoms with Crippen molar-refractivity contribution in [2.24, 2.45) is 0 Å². The maximum absolute atomic E-state index is 12.0. The summed E-state index contributed by atoms with van der Waals surface area (Å²) in [5, 5.41) is 12.4. The topological polar surface area (TPSA) is 58.6 Å². The van der Waals surface area contributed by atoms with Crippen LogP contribution in [0.4, 0.5) is 0 Å². The Bertz CT molecular complexity index is 628. The van der Waals surface area contributed by atoms with Crippen molar-refractivity contribution < 1.29 is 14.6 Å². The lowest BCUT2D eigenvalue weighted by molar-refractivity contribution is 0.0950. The van der Waals surface area contributed by atoms with Crippen LogP contribution in [0.5, 0.6) is 11.5 Å². The zero-order valence-corrected chi connectivity index (χ0v) is 11.6.